The van der Waals surface area contributed by atoms with E-state index in [1.54, 1.807) is 11.5 Å². The predicted molar refractivity (Wildman–Crippen MR) is 81.7 cm³/mol. The number of phosphoric acid groups is 1. The van der Waals surface area contributed by atoms with E-state index in [1.807, 2.05) is 0 Å². The van der Waals surface area contributed by atoms with Crippen molar-refractivity contribution in [2.45, 2.75) is 31.8 Å². The van der Waals surface area contributed by atoms with Gasteiger partial charge in [-0.1, -0.05) is 0 Å². The number of aliphatic hydroxyl groups is 1. The largest absolute Gasteiger partial charge is 0.472 e. The Morgan fingerprint density at radius 1 is 1.50 bits per heavy atom. The maximum atomic E-state index is 11.8. The highest BCUT2D eigenvalue weighted by Gasteiger charge is 2.41. The zero-order chi connectivity index (χ0) is 17.3. The van der Waals surface area contributed by atoms with E-state index in [0.717, 1.165) is 0 Å². The molecular formula is C12H18N5O6P. The minimum atomic E-state index is -4.21. The van der Waals surface area contributed by atoms with E-state index in [4.69, 9.17) is 19.5 Å². The summed E-state index contributed by atoms with van der Waals surface area (Å²) in [6.07, 6.45) is 0.801. The van der Waals surface area contributed by atoms with Gasteiger partial charge in [0.1, 0.15) is 30.3 Å². The van der Waals surface area contributed by atoms with E-state index >= 15 is 0 Å². The highest BCUT2D eigenvalue weighted by molar-refractivity contribution is 7.47. The van der Waals surface area contributed by atoms with Gasteiger partial charge >= 0.3 is 7.82 Å². The number of anilines is 1. The molecule has 4 atom stereocenters. The van der Waals surface area contributed by atoms with E-state index < -0.39 is 26.3 Å². The van der Waals surface area contributed by atoms with E-state index in [0.29, 0.717) is 11.2 Å². The van der Waals surface area contributed by atoms with Crippen LogP contribution >= 0.6 is 7.82 Å². The number of hydrogen-bond acceptors (Lipinski definition) is 9. The number of hydrogen-bond donors (Lipinski definition) is 3. The Morgan fingerprint density at radius 3 is 3.00 bits per heavy atom. The van der Waals surface area contributed by atoms with Gasteiger partial charge in [-0.3, -0.25) is 13.6 Å². The molecule has 2 aromatic heterocycles. The van der Waals surface area contributed by atoms with Gasteiger partial charge in [0, 0.05) is 6.42 Å². The van der Waals surface area contributed by atoms with Gasteiger partial charge < -0.3 is 20.5 Å². The Morgan fingerprint density at radius 2 is 2.29 bits per heavy atom. The lowest BCUT2D eigenvalue weighted by Crippen LogP contribution is -2.27. The molecule has 0 spiro atoms. The summed E-state index contributed by atoms with van der Waals surface area (Å²) in [7, 11) is -4.21. The van der Waals surface area contributed by atoms with Crippen LogP contribution < -0.4 is 5.73 Å². The molecule has 0 radical (unpaired) electrons. The number of phosphoric ester groups is 1. The Kier molecular flexibility index (Phi) is 4.81. The van der Waals surface area contributed by atoms with Gasteiger partial charge in [-0.05, 0) is 6.92 Å². The minimum absolute atomic E-state index is 0.0247. The molecule has 11 nitrogen and oxygen atoms in total. The summed E-state index contributed by atoms with van der Waals surface area (Å²) >= 11 is 0. The third-order valence-corrected chi connectivity index (χ3v) is 4.74. The van der Waals surface area contributed by atoms with Crippen LogP contribution in [0.5, 0.6) is 0 Å². The first-order valence-electron chi connectivity index (χ1n) is 7.30. The van der Waals surface area contributed by atoms with Crippen molar-refractivity contribution in [2.24, 2.45) is 0 Å². The van der Waals surface area contributed by atoms with Crippen LogP contribution in [0.25, 0.3) is 11.2 Å². The van der Waals surface area contributed by atoms with E-state index in [-0.39, 0.29) is 25.5 Å². The zero-order valence-corrected chi connectivity index (χ0v) is 13.7. The third-order valence-electron chi connectivity index (χ3n) is 3.62. The van der Waals surface area contributed by atoms with Crippen molar-refractivity contribution in [3.05, 3.63) is 12.7 Å². The number of ether oxygens (including phenoxy) is 1. The molecule has 0 amide bonds. The molecule has 3 rings (SSSR count). The number of nitrogen functional groups attached to an aromatic ring is 1. The van der Waals surface area contributed by atoms with E-state index in [9.17, 15) is 14.6 Å². The average Bonchev–Trinajstić information content (AvgIpc) is 3.11. The second kappa shape index (κ2) is 6.71. The van der Waals surface area contributed by atoms with Crippen molar-refractivity contribution in [1.29, 1.82) is 0 Å². The van der Waals surface area contributed by atoms with Crippen molar-refractivity contribution in [3.8, 4) is 0 Å². The molecule has 3 heterocycles. The fraction of sp³-hybridized carbons (Fsp3) is 0.583. The van der Waals surface area contributed by atoms with Gasteiger partial charge in [0.05, 0.1) is 19.5 Å². The van der Waals surface area contributed by atoms with Crippen LogP contribution in [0.2, 0.25) is 0 Å². The summed E-state index contributed by atoms with van der Waals surface area (Å²) < 4.78 is 28.9. The van der Waals surface area contributed by atoms with Gasteiger partial charge in [-0.15, -0.1) is 0 Å². The molecule has 4 N–H and O–H groups in total. The second-order valence-electron chi connectivity index (χ2n) is 5.16. The van der Waals surface area contributed by atoms with Crippen LogP contribution in [-0.4, -0.2) is 54.9 Å². The molecule has 1 unspecified atom stereocenters. The predicted octanol–water partition coefficient (Wildman–Crippen LogP) is 0.210. The second-order valence-corrected chi connectivity index (χ2v) is 6.57. The smallest absolute Gasteiger partial charge is 0.394 e. The molecule has 24 heavy (non-hydrogen) atoms. The summed E-state index contributed by atoms with van der Waals surface area (Å²) in [6.45, 7) is 1.22. The quantitative estimate of drug-likeness (QED) is 0.609. The molecule has 1 saturated heterocycles. The van der Waals surface area contributed by atoms with Gasteiger partial charge in [-0.25, -0.2) is 19.5 Å². The van der Waals surface area contributed by atoms with Gasteiger partial charge in [0.25, 0.3) is 0 Å². The number of nitrogens with two attached hydrogens (primary N) is 1. The first-order valence-corrected chi connectivity index (χ1v) is 8.79. The van der Waals surface area contributed by atoms with Crippen LogP contribution in [0.1, 0.15) is 19.6 Å². The molecule has 1 fully saturated rings. The van der Waals surface area contributed by atoms with Crippen LogP contribution in [-0.2, 0) is 18.3 Å². The summed E-state index contributed by atoms with van der Waals surface area (Å²) in [5.74, 6) is 0.236. The topological polar surface area (TPSA) is 155 Å². The van der Waals surface area contributed by atoms with Gasteiger partial charge in [-0.2, -0.15) is 0 Å². The summed E-state index contributed by atoms with van der Waals surface area (Å²) in [4.78, 5) is 21.8. The lowest BCUT2D eigenvalue weighted by Gasteiger charge is -2.19. The molecule has 2 aromatic rings. The van der Waals surface area contributed by atoms with Crippen molar-refractivity contribution in [2.75, 3.05) is 18.9 Å². The Bertz CT molecular complexity index is 769. The first-order chi connectivity index (χ1) is 11.4. The third kappa shape index (κ3) is 3.27. The maximum absolute atomic E-state index is 11.8. The minimum Gasteiger partial charge on any atom is -0.394 e. The molecule has 0 aliphatic carbocycles. The van der Waals surface area contributed by atoms with Gasteiger partial charge in [0.2, 0.25) is 0 Å². The standard InChI is InChI=1S/C12H18N5O6P/c1-2-21-24(19,20)23-7-3-9(22-8(7)4-18)17-6-16-10-11(13)14-5-15-12(10)17/h5-9,18H,2-4H2,1H3,(H,19,20)(H2,13,14,15)/t7-,8+,9+/m0/s1. The van der Waals surface area contributed by atoms with Crippen LogP contribution in [0, 0.1) is 0 Å². The van der Waals surface area contributed by atoms with Crippen LogP contribution in [0.15, 0.2) is 12.7 Å². The van der Waals surface area contributed by atoms with Crippen molar-refractivity contribution in [1.82, 2.24) is 19.5 Å². The molecule has 0 saturated carbocycles. The molecule has 1 aliphatic heterocycles. The van der Waals surface area contributed by atoms with Gasteiger partial charge in [0.15, 0.2) is 11.5 Å². The maximum Gasteiger partial charge on any atom is 0.472 e. The number of aliphatic hydroxyl groups excluding tert-OH is 1. The normalized spacial score (nSPS) is 26.7. The molecule has 0 bridgehead atoms. The fourth-order valence-electron chi connectivity index (χ4n) is 2.59. The number of imidazole rings is 1. The average molecular weight is 359 g/mol. The lowest BCUT2D eigenvalue weighted by atomic mass is 10.2. The summed E-state index contributed by atoms with van der Waals surface area (Å²) in [5, 5.41) is 9.45. The molecular weight excluding hydrogens is 341 g/mol. The Hall–Kier alpha value is -1.62. The molecule has 1 aliphatic rings. The first kappa shape index (κ1) is 17.2. The molecule has 12 heteroatoms. The Labute approximate surface area is 137 Å². The van der Waals surface area contributed by atoms with Crippen molar-refractivity contribution in [3.63, 3.8) is 0 Å². The van der Waals surface area contributed by atoms with Crippen molar-refractivity contribution < 1.29 is 28.3 Å². The number of aromatic nitrogens is 4. The van der Waals surface area contributed by atoms with E-state index in [2.05, 4.69) is 15.0 Å². The monoisotopic (exact) mass is 359 g/mol. The number of rotatable bonds is 6. The number of fused-ring (bicyclic) bond motifs is 1. The summed E-state index contributed by atoms with van der Waals surface area (Å²) in [5.41, 5.74) is 6.63. The van der Waals surface area contributed by atoms with E-state index in [1.165, 1.54) is 12.7 Å². The summed E-state index contributed by atoms with van der Waals surface area (Å²) in [6, 6.07) is 0. The highest BCUT2D eigenvalue weighted by atomic mass is 31.2. The van der Waals surface area contributed by atoms with Crippen LogP contribution in [0.4, 0.5) is 5.82 Å². The fourth-order valence-corrected chi connectivity index (χ4v) is 3.54. The SMILES string of the molecule is CCOP(=O)(O)O[C@H]1C[C@H](n2cnc3c(N)ncnc32)O[C@@H]1CO. The molecule has 132 valence electrons. The Balaban J connectivity index is 1.83. The highest BCUT2D eigenvalue weighted by Crippen LogP contribution is 2.48. The van der Waals surface area contributed by atoms with Crippen LogP contribution in [0.3, 0.4) is 0 Å². The molecule has 0 aromatic carbocycles. The zero-order valence-electron chi connectivity index (χ0n) is 12.8. The number of nitrogens with zero attached hydrogens (tertiary/aromatic N) is 4. The lowest BCUT2D eigenvalue weighted by molar-refractivity contribution is -0.0436. The van der Waals surface area contributed by atoms with Crippen molar-refractivity contribution >= 4 is 24.8 Å².